The van der Waals surface area contributed by atoms with Crippen molar-refractivity contribution in [3.63, 3.8) is 0 Å². The molecule has 2 aromatic carbocycles. The van der Waals surface area contributed by atoms with E-state index in [1.165, 1.54) is 11.1 Å². The van der Waals surface area contributed by atoms with Crippen LogP contribution in [0, 0.1) is 6.92 Å². The largest absolute Gasteiger partial charge is 0.484 e. The fraction of sp³-hybridized carbons (Fsp3) is 0.387. The molecule has 39 heavy (non-hydrogen) atoms. The van der Waals surface area contributed by atoms with E-state index in [1.54, 1.807) is 6.20 Å². The van der Waals surface area contributed by atoms with Crippen molar-refractivity contribution in [3.8, 4) is 22.8 Å². The topological polar surface area (TPSA) is 81.2 Å². The summed E-state index contributed by atoms with van der Waals surface area (Å²) in [5.41, 5.74) is 6.62. The minimum Gasteiger partial charge on any atom is -0.484 e. The minimum absolute atomic E-state index is 0.384. The minimum atomic E-state index is 0.384. The first-order valence-electron chi connectivity index (χ1n) is 13.9. The zero-order valence-corrected chi connectivity index (χ0v) is 22.8. The summed E-state index contributed by atoms with van der Waals surface area (Å²) in [5.74, 6) is 1.96. The maximum Gasteiger partial charge on any atom is 0.257 e. The predicted molar refractivity (Wildman–Crippen MR) is 154 cm³/mol. The van der Waals surface area contributed by atoms with Crippen LogP contribution >= 0.6 is 11.6 Å². The number of nitrogens with one attached hydrogen (secondary N) is 2. The van der Waals surface area contributed by atoms with Gasteiger partial charge in [0.1, 0.15) is 13.2 Å². The predicted octanol–water partition coefficient (Wildman–Crippen LogP) is 5.90. The summed E-state index contributed by atoms with van der Waals surface area (Å²) in [6, 6.07) is 15.9. The van der Waals surface area contributed by atoms with Crippen LogP contribution in [-0.4, -0.2) is 46.3 Å². The second-order valence-electron chi connectivity index (χ2n) is 10.9. The zero-order valence-electron chi connectivity index (χ0n) is 22.0. The summed E-state index contributed by atoms with van der Waals surface area (Å²) in [6.45, 7) is 3.10. The summed E-state index contributed by atoms with van der Waals surface area (Å²) in [5, 5.41) is 9.48. The molecule has 1 unspecified atom stereocenters. The Kier molecular flexibility index (Phi) is 6.49. The Labute approximate surface area is 233 Å². The van der Waals surface area contributed by atoms with E-state index in [0.717, 1.165) is 71.3 Å². The Morgan fingerprint density at radius 3 is 2.62 bits per heavy atom. The Morgan fingerprint density at radius 1 is 0.897 bits per heavy atom. The van der Waals surface area contributed by atoms with Gasteiger partial charge in [-0.1, -0.05) is 29.8 Å². The van der Waals surface area contributed by atoms with E-state index in [9.17, 15) is 0 Å². The van der Waals surface area contributed by atoms with Crippen molar-refractivity contribution in [1.82, 2.24) is 20.3 Å². The van der Waals surface area contributed by atoms with E-state index in [1.807, 2.05) is 19.1 Å². The quantitative estimate of drug-likeness (QED) is 0.325. The Bertz CT molecular complexity index is 1540. The first-order chi connectivity index (χ1) is 19.1. The van der Waals surface area contributed by atoms with E-state index in [0.29, 0.717) is 48.9 Å². The van der Waals surface area contributed by atoms with Crippen molar-refractivity contribution >= 4 is 28.5 Å². The number of aromatic nitrogens is 3. The normalized spacial score (nSPS) is 22.1. The van der Waals surface area contributed by atoms with Crippen LogP contribution in [0.25, 0.3) is 22.0 Å². The Hall–Kier alpha value is -3.42. The van der Waals surface area contributed by atoms with E-state index < -0.39 is 0 Å². The van der Waals surface area contributed by atoms with E-state index in [2.05, 4.69) is 45.9 Å². The number of fused-ring (bicyclic) bond motifs is 3. The molecule has 0 bridgehead atoms. The number of hydrogen-bond acceptors (Lipinski definition) is 7. The van der Waals surface area contributed by atoms with Crippen molar-refractivity contribution < 1.29 is 9.47 Å². The third-order valence-corrected chi connectivity index (χ3v) is 8.66. The number of aryl methyl sites for hydroxylation is 1. The fourth-order valence-electron chi connectivity index (χ4n) is 6.34. The monoisotopic (exact) mass is 541 g/mol. The van der Waals surface area contributed by atoms with Gasteiger partial charge in [-0.2, -0.15) is 0 Å². The lowest BCUT2D eigenvalue weighted by molar-refractivity contribution is 0.165. The molecule has 0 saturated heterocycles. The molecule has 0 radical (unpaired) electrons. The van der Waals surface area contributed by atoms with Crippen LogP contribution in [-0.2, 0) is 12.8 Å². The van der Waals surface area contributed by atoms with Gasteiger partial charge < -0.3 is 20.1 Å². The van der Waals surface area contributed by atoms with Crippen LogP contribution in [0.5, 0.6) is 11.6 Å². The molecule has 7 rings (SSSR count). The van der Waals surface area contributed by atoms with Gasteiger partial charge in [0, 0.05) is 40.3 Å². The molecule has 1 aliphatic heterocycles. The van der Waals surface area contributed by atoms with Gasteiger partial charge in [0.15, 0.2) is 5.75 Å². The van der Waals surface area contributed by atoms with Gasteiger partial charge in [-0.3, -0.25) is 0 Å². The molecular formula is C31H32ClN5O2. The molecule has 3 heterocycles. The molecule has 2 N–H and O–H groups in total. The molecule has 2 aliphatic carbocycles. The van der Waals surface area contributed by atoms with E-state index >= 15 is 0 Å². The number of pyridine rings is 1. The highest BCUT2D eigenvalue weighted by Crippen LogP contribution is 2.39. The number of ether oxygens (including phenoxy) is 2. The van der Waals surface area contributed by atoms with Gasteiger partial charge >= 0.3 is 0 Å². The summed E-state index contributed by atoms with van der Waals surface area (Å²) < 4.78 is 11.5. The first-order valence-corrected chi connectivity index (χ1v) is 14.3. The highest BCUT2D eigenvalue weighted by Gasteiger charge is 2.28. The average molecular weight is 542 g/mol. The molecule has 2 aromatic heterocycles. The summed E-state index contributed by atoms with van der Waals surface area (Å²) in [6.07, 6.45) is 8.37. The maximum absolute atomic E-state index is 6.42. The van der Waals surface area contributed by atoms with Crippen LogP contribution in [0.3, 0.4) is 0 Å². The number of benzene rings is 2. The maximum atomic E-state index is 6.42. The number of anilines is 1. The number of halogens is 1. The number of hydrogen-bond donors (Lipinski definition) is 2. The van der Waals surface area contributed by atoms with Crippen molar-refractivity contribution in [2.75, 3.05) is 18.5 Å². The SMILES string of the molecule is Cc1nc(N[C@H]2CC[C@@H](NC3Cc4cccc(Cl)c4C3)CC2)nc2ccc(-c3ccnc4c3OCCO4)cc12. The Morgan fingerprint density at radius 2 is 1.74 bits per heavy atom. The molecule has 1 saturated carbocycles. The second kappa shape index (κ2) is 10.3. The van der Waals surface area contributed by atoms with Gasteiger partial charge in [-0.25, -0.2) is 15.0 Å². The van der Waals surface area contributed by atoms with Crippen molar-refractivity contribution in [2.45, 2.75) is 63.6 Å². The molecule has 0 spiro atoms. The molecule has 1 atom stereocenters. The number of nitrogens with zero attached hydrogens (tertiary/aromatic N) is 3. The molecule has 3 aliphatic rings. The summed E-state index contributed by atoms with van der Waals surface area (Å²) in [4.78, 5) is 14.0. The van der Waals surface area contributed by atoms with Gasteiger partial charge in [0.2, 0.25) is 5.95 Å². The van der Waals surface area contributed by atoms with Gasteiger partial charge in [0.25, 0.3) is 5.88 Å². The lowest BCUT2D eigenvalue weighted by atomic mass is 9.90. The molecule has 1 fully saturated rings. The highest BCUT2D eigenvalue weighted by molar-refractivity contribution is 6.31. The number of rotatable bonds is 5. The molecule has 8 heteroatoms. The summed E-state index contributed by atoms with van der Waals surface area (Å²) >= 11 is 6.42. The lowest BCUT2D eigenvalue weighted by Gasteiger charge is -2.31. The van der Waals surface area contributed by atoms with Crippen LogP contribution in [0.1, 0.15) is 42.5 Å². The Balaban J connectivity index is 1.00. The van der Waals surface area contributed by atoms with Crippen LogP contribution < -0.4 is 20.1 Å². The second-order valence-corrected chi connectivity index (χ2v) is 11.3. The fourth-order valence-corrected chi connectivity index (χ4v) is 6.61. The lowest BCUT2D eigenvalue weighted by Crippen LogP contribution is -2.42. The van der Waals surface area contributed by atoms with Crippen LogP contribution in [0.4, 0.5) is 5.95 Å². The molecule has 0 amide bonds. The van der Waals surface area contributed by atoms with E-state index in [-0.39, 0.29) is 0 Å². The van der Waals surface area contributed by atoms with Crippen molar-refractivity contribution in [2.24, 2.45) is 0 Å². The van der Waals surface area contributed by atoms with E-state index in [4.69, 9.17) is 31.0 Å². The standard InChI is InChI=1S/C31H32ClN5O2/c1-18-25-16-20(24-11-12-33-30-29(24)38-13-14-39-30)5-10-28(25)37-31(34-18)36-22-8-6-21(7-9-22)35-23-15-19-3-2-4-27(32)26(19)17-23/h2-5,10-12,16,21-23,35H,6-9,13-15,17H2,1H3,(H,34,36,37)/t21-,22+,23?. The summed E-state index contributed by atoms with van der Waals surface area (Å²) in [7, 11) is 0. The van der Waals surface area contributed by atoms with Gasteiger partial charge in [-0.15, -0.1) is 0 Å². The molecule has 4 aromatic rings. The van der Waals surface area contributed by atoms with Crippen LogP contribution in [0.2, 0.25) is 5.02 Å². The van der Waals surface area contributed by atoms with Crippen molar-refractivity contribution in [3.05, 3.63) is 70.5 Å². The highest BCUT2D eigenvalue weighted by atomic mass is 35.5. The average Bonchev–Trinajstić information content (AvgIpc) is 3.38. The third-order valence-electron chi connectivity index (χ3n) is 8.30. The third kappa shape index (κ3) is 4.90. The van der Waals surface area contributed by atoms with Gasteiger partial charge in [0.05, 0.1) is 11.2 Å². The zero-order chi connectivity index (χ0) is 26.3. The molecular weight excluding hydrogens is 510 g/mol. The van der Waals surface area contributed by atoms with Gasteiger partial charge in [-0.05, 0) is 86.4 Å². The first kappa shape index (κ1) is 24.6. The van der Waals surface area contributed by atoms with Crippen LogP contribution in [0.15, 0.2) is 48.7 Å². The molecule has 7 nitrogen and oxygen atoms in total. The smallest absolute Gasteiger partial charge is 0.257 e. The molecule has 200 valence electrons. The van der Waals surface area contributed by atoms with Crippen molar-refractivity contribution in [1.29, 1.82) is 0 Å².